The van der Waals surface area contributed by atoms with Crippen LogP contribution in [0.5, 0.6) is 5.75 Å². The molecule has 0 aliphatic heterocycles. The van der Waals surface area contributed by atoms with Crippen molar-refractivity contribution in [3.63, 3.8) is 0 Å². The van der Waals surface area contributed by atoms with Crippen molar-refractivity contribution in [3.8, 4) is 5.75 Å². The van der Waals surface area contributed by atoms with E-state index in [0.717, 1.165) is 18.5 Å². The maximum Gasteiger partial charge on any atom is 0.446 e. The summed E-state index contributed by atoms with van der Waals surface area (Å²) < 4.78 is 34.8. The summed E-state index contributed by atoms with van der Waals surface area (Å²) in [6, 6.07) is 6.88. The summed E-state index contributed by atoms with van der Waals surface area (Å²) in [5, 5.41) is 0. The summed E-state index contributed by atoms with van der Waals surface area (Å²) in [5.74, 6) is 0.874. The Morgan fingerprint density at radius 2 is 2.00 bits per heavy atom. The molecule has 0 aliphatic rings. The fourth-order valence-electron chi connectivity index (χ4n) is 2.59. The SMILES string of the molecule is CC[C@@H](c1cccc(OS(=O)(=O)O)c1)[C@@H](C)CN(C)C. The molecular formula is C14H23NO4S. The Morgan fingerprint density at radius 1 is 1.35 bits per heavy atom. The topological polar surface area (TPSA) is 66.8 Å². The highest BCUT2D eigenvalue weighted by Crippen LogP contribution is 2.30. The molecule has 6 heteroatoms. The van der Waals surface area contributed by atoms with Crippen LogP contribution in [-0.4, -0.2) is 38.5 Å². The van der Waals surface area contributed by atoms with Gasteiger partial charge >= 0.3 is 10.4 Å². The second-order valence-electron chi connectivity index (χ2n) is 5.34. The van der Waals surface area contributed by atoms with Crippen molar-refractivity contribution in [2.24, 2.45) is 5.92 Å². The minimum absolute atomic E-state index is 0.139. The molecule has 0 aromatic heterocycles. The lowest BCUT2D eigenvalue weighted by Gasteiger charge is -2.26. The third kappa shape index (κ3) is 5.48. The summed E-state index contributed by atoms with van der Waals surface area (Å²) in [6.45, 7) is 5.22. The predicted molar refractivity (Wildman–Crippen MR) is 79.4 cm³/mol. The Kier molecular flexibility index (Phi) is 5.98. The Hall–Kier alpha value is -1.11. The van der Waals surface area contributed by atoms with Crippen molar-refractivity contribution >= 4 is 10.4 Å². The van der Waals surface area contributed by atoms with Crippen molar-refractivity contribution in [1.29, 1.82) is 0 Å². The molecule has 0 fully saturated rings. The Balaban J connectivity index is 2.96. The molecule has 0 unspecified atom stereocenters. The van der Waals surface area contributed by atoms with Crippen molar-refractivity contribution in [3.05, 3.63) is 29.8 Å². The second kappa shape index (κ2) is 7.06. The first-order valence-corrected chi connectivity index (χ1v) is 8.01. The van der Waals surface area contributed by atoms with Crippen LogP contribution < -0.4 is 4.18 Å². The van der Waals surface area contributed by atoms with E-state index in [1.807, 2.05) is 20.2 Å². The highest BCUT2D eigenvalue weighted by atomic mass is 32.3. The zero-order valence-corrected chi connectivity index (χ0v) is 13.2. The molecule has 1 N–H and O–H groups in total. The summed E-state index contributed by atoms with van der Waals surface area (Å²) in [6.07, 6.45) is 0.949. The molecule has 1 rings (SSSR count). The average molecular weight is 301 g/mol. The van der Waals surface area contributed by atoms with Gasteiger partial charge in [0.05, 0.1) is 0 Å². The molecule has 0 amide bonds. The van der Waals surface area contributed by atoms with E-state index in [0.29, 0.717) is 11.8 Å². The third-order valence-electron chi connectivity index (χ3n) is 3.27. The third-order valence-corrected chi connectivity index (χ3v) is 3.67. The van der Waals surface area contributed by atoms with E-state index in [9.17, 15) is 8.42 Å². The molecule has 5 nitrogen and oxygen atoms in total. The van der Waals surface area contributed by atoms with Crippen LogP contribution >= 0.6 is 0 Å². The van der Waals surface area contributed by atoms with E-state index in [1.54, 1.807) is 12.1 Å². The summed E-state index contributed by atoms with van der Waals surface area (Å²) in [7, 11) is -0.416. The van der Waals surface area contributed by atoms with E-state index < -0.39 is 10.4 Å². The zero-order chi connectivity index (χ0) is 15.3. The predicted octanol–water partition coefficient (Wildman–Crippen LogP) is 2.56. The van der Waals surface area contributed by atoms with Crippen LogP contribution in [-0.2, 0) is 10.4 Å². The molecule has 0 spiro atoms. The van der Waals surface area contributed by atoms with Crippen LogP contribution in [0.15, 0.2) is 24.3 Å². The molecule has 0 bridgehead atoms. The van der Waals surface area contributed by atoms with E-state index in [4.69, 9.17) is 4.55 Å². The van der Waals surface area contributed by atoms with Gasteiger partial charge in [-0.15, -0.1) is 0 Å². The molecule has 1 aromatic rings. The molecule has 1 aromatic carbocycles. The first-order valence-electron chi connectivity index (χ1n) is 6.64. The van der Waals surface area contributed by atoms with Gasteiger partial charge in [-0.1, -0.05) is 26.0 Å². The maximum atomic E-state index is 10.8. The lowest BCUT2D eigenvalue weighted by atomic mass is 9.85. The normalized spacial score (nSPS) is 15.1. The van der Waals surface area contributed by atoms with Crippen LogP contribution in [0.2, 0.25) is 0 Å². The minimum Gasteiger partial charge on any atom is -0.362 e. The van der Waals surface area contributed by atoms with Gasteiger partial charge < -0.3 is 9.08 Å². The van der Waals surface area contributed by atoms with Crippen LogP contribution in [0.1, 0.15) is 31.7 Å². The van der Waals surface area contributed by atoms with Gasteiger partial charge in [0.1, 0.15) is 5.75 Å². The second-order valence-corrected chi connectivity index (χ2v) is 6.36. The fourth-order valence-corrected chi connectivity index (χ4v) is 2.94. The molecule has 114 valence electrons. The van der Waals surface area contributed by atoms with Gasteiger partial charge in [0.15, 0.2) is 0 Å². The Labute approximate surface area is 121 Å². The van der Waals surface area contributed by atoms with Gasteiger partial charge in [-0.2, -0.15) is 8.42 Å². The first kappa shape index (κ1) is 16.9. The summed E-state index contributed by atoms with van der Waals surface area (Å²) in [5.41, 5.74) is 1.02. The Bertz CT molecular complexity index is 528. The van der Waals surface area contributed by atoms with E-state index >= 15 is 0 Å². The average Bonchev–Trinajstić information content (AvgIpc) is 2.26. The van der Waals surface area contributed by atoms with Crippen LogP contribution in [0.4, 0.5) is 0 Å². The molecule has 0 saturated heterocycles. The van der Waals surface area contributed by atoms with E-state index in [2.05, 4.69) is 22.9 Å². The molecule has 0 saturated carbocycles. The van der Waals surface area contributed by atoms with Crippen molar-refractivity contribution in [2.75, 3.05) is 20.6 Å². The maximum absolute atomic E-state index is 10.8. The standard InChI is InChI=1S/C14H23NO4S/c1-5-14(11(2)10-15(3)4)12-7-6-8-13(9-12)19-20(16,17)18/h6-9,11,14H,5,10H2,1-4H3,(H,16,17,18)/t11-,14+/m0/s1. The summed E-state index contributed by atoms with van der Waals surface area (Å²) >= 11 is 0. The van der Waals surface area contributed by atoms with Crippen LogP contribution in [0.3, 0.4) is 0 Å². The zero-order valence-electron chi connectivity index (χ0n) is 12.4. The van der Waals surface area contributed by atoms with Crippen molar-refractivity contribution in [2.45, 2.75) is 26.2 Å². The number of hydrogen-bond donors (Lipinski definition) is 1. The lowest BCUT2D eigenvalue weighted by Crippen LogP contribution is -2.24. The lowest BCUT2D eigenvalue weighted by molar-refractivity contribution is 0.301. The minimum atomic E-state index is -4.47. The van der Waals surface area contributed by atoms with Gasteiger partial charge in [0, 0.05) is 6.54 Å². The quantitative estimate of drug-likeness (QED) is 0.784. The molecule has 20 heavy (non-hydrogen) atoms. The number of nitrogens with zero attached hydrogens (tertiary/aromatic N) is 1. The van der Waals surface area contributed by atoms with Crippen molar-refractivity contribution < 1.29 is 17.2 Å². The molecule has 2 atom stereocenters. The van der Waals surface area contributed by atoms with Gasteiger partial charge in [0.25, 0.3) is 0 Å². The van der Waals surface area contributed by atoms with Crippen LogP contribution in [0, 0.1) is 5.92 Å². The summed E-state index contributed by atoms with van der Waals surface area (Å²) in [4.78, 5) is 2.13. The van der Waals surface area contributed by atoms with E-state index in [1.165, 1.54) is 6.07 Å². The van der Waals surface area contributed by atoms with E-state index in [-0.39, 0.29) is 5.75 Å². The highest BCUT2D eigenvalue weighted by Gasteiger charge is 2.19. The smallest absolute Gasteiger partial charge is 0.362 e. The molecule has 0 heterocycles. The van der Waals surface area contributed by atoms with Crippen LogP contribution in [0.25, 0.3) is 0 Å². The van der Waals surface area contributed by atoms with Gasteiger partial charge in [-0.25, -0.2) is 0 Å². The number of benzene rings is 1. The molecule has 0 radical (unpaired) electrons. The Morgan fingerprint density at radius 3 is 2.50 bits per heavy atom. The largest absolute Gasteiger partial charge is 0.446 e. The van der Waals surface area contributed by atoms with Gasteiger partial charge in [0.2, 0.25) is 0 Å². The highest BCUT2D eigenvalue weighted by molar-refractivity contribution is 7.81. The van der Waals surface area contributed by atoms with Gasteiger partial charge in [-0.05, 0) is 50.0 Å². The first-order chi connectivity index (χ1) is 9.23. The monoisotopic (exact) mass is 301 g/mol. The molecule has 0 aliphatic carbocycles. The number of hydrogen-bond acceptors (Lipinski definition) is 4. The van der Waals surface area contributed by atoms with Gasteiger partial charge in [-0.3, -0.25) is 4.55 Å². The van der Waals surface area contributed by atoms with Crippen molar-refractivity contribution in [1.82, 2.24) is 4.90 Å². The molecular weight excluding hydrogens is 278 g/mol. The fraction of sp³-hybridized carbons (Fsp3) is 0.571. The number of rotatable bonds is 7.